The highest BCUT2D eigenvalue weighted by atomic mass is 15.0. The number of benzene rings is 8. The van der Waals surface area contributed by atoms with E-state index in [4.69, 9.17) is 0 Å². The Morgan fingerprint density at radius 3 is 1.74 bits per heavy atom. The number of para-hydroxylation sites is 1. The fraction of sp³-hybridized carbons (Fsp3) is 0. The Morgan fingerprint density at radius 2 is 0.907 bits per heavy atom. The highest BCUT2D eigenvalue weighted by Gasteiger charge is 2.16. The SMILES string of the molecule is c1ccc(-c2ccc3ccc(-c4ccc5ccc6c(c5c4)c4ccccc4n6-c4cccc5ccccc45)cc3c2)cc1. The Hall–Kier alpha value is -5.66. The molecule has 1 nitrogen and oxygen atoms in total. The average molecular weight is 546 g/mol. The van der Waals surface area contributed by atoms with Gasteiger partial charge in [-0.1, -0.05) is 127 Å². The van der Waals surface area contributed by atoms with E-state index >= 15 is 0 Å². The van der Waals surface area contributed by atoms with Crippen LogP contribution in [0.3, 0.4) is 0 Å². The zero-order valence-electron chi connectivity index (χ0n) is 23.5. The van der Waals surface area contributed by atoms with E-state index in [1.54, 1.807) is 0 Å². The average Bonchev–Trinajstić information content (AvgIpc) is 3.42. The number of fused-ring (bicyclic) bond motifs is 7. The van der Waals surface area contributed by atoms with Gasteiger partial charge in [-0.25, -0.2) is 0 Å². The van der Waals surface area contributed by atoms with Gasteiger partial charge in [0.25, 0.3) is 0 Å². The Labute approximate surface area is 249 Å². The molecule has 0 amide bonds. The van der Waals surface area contributed by atoms with E-state index in [-0.39, 0.29) is 0 Å². The summed E-state index contributed by atoms with van der Waals surface area (Å²) in [6.07, 6.45) is 0. The van der Waals surface area contributed by atoms with Crippen LogP contribution in [-0.2, 0) is 0 Å². The molecule has 8 aromatic carbocycles. The Balaban J connectivity index is 1.28. The molecule has 0 bridgehead atoms. The smallest absolute Gasteiger partial charge is 0.0547 e. The van der Waals surface area contributed by atoms with Crippen molar-refractivity contribution in [3.8, 4) is 27.9 Å². The van der Waals surface area contributed by atoms with E-state index < -0.39 is 0 Å². The molecule has 0 aliphatic rings. The van der Waals surface area contributed by atoms with E-state index in [1.165, 1.54) is 82.1 Å². The van der Waals surface area contributed by atoms with Crippen molar-refractivity contribution in [2.24, 2.45) is 0 Å². The van der Waals surface area contributed by atoms with Gasteiger partial charge in [0.2, 0.25) is 0 Å². The van der Waals surface area contributed by atoms with Gasteiger partial charge >= 0.3 is 0 Å². The van der Waals surface area contributed by atoms with Gasteiger partial charge in [0.05, 0.1) is 16.7 Å². The van der Waals surface area contributed by atoms with Crippen LogP contribution in [0.4, 0.5) is 0 Å². The second-order valence-corrected chi connectivity index (χ2v) is 11.4. The number of nitrogens with zero attached hydrogens (tertiary/aromatic N) is 1. The van der Waals surface area contributed by atoms with Crippen molar-refractivity contribution in [1.82, 2.24) is 4.57 Å². The topological polar surface area (TPSA) is 4.93 Å². The third kappa shape index (κ3) is 3.79. The van der Waals surface area contributed by atoms with E-state index in [0.717, 1.165) is 0 Å². The zero-order valence-corrected chi connectivity index (χ0v) is 23.5. The van der Waals surface area contributed by atoms with Gasteiger partial charge in [0.15, 0.2) is 0 Å². The van der Waals surface area contributed by atoms with Crippen molar-refractivity contribution in [2.45, 2.75) is 0 Å². The standard InChI is InChI=1S/C42H27N/c1-2-9-28(10-3-1)32-20-17-29-18-21-33(26-35(29)25-32)34-22-19-31-23-24-41-42(38(31)27-34)37-14-6-7-15-40(37)43(41)39-16-8-12-30-11-4-5-13-36(30)39/h1-27H. The van der Waals surface area contributed by atoms with E-state index in [9.17, 15) is 0 Å². The number of aromatic nitrogens is 1. The molecule has 43 heavy (non-hydrogen) atoms. The third-order valence-electron chi connectivity index (χ3n) is 8.94. The lowest BCUT2D eigenvalue weighted by molar-refractivity contribution is 1.20. The fourth-order valence-corrected chi connectivity index (χ4v) is 6.87. The van der Waals surface area contributed by atoms with Gasteiger partial charge in [-0.2, -0.15) is 0 Å². The molecule has 0 aliphatic heterocycles. The first-order valence-corrected chi connectivity index (χ1v) is 14.9. The van der Waals surface area contributed by atoms with Crippen molar-refractivity contribution in [3.05, 3.63) is 164 Å². The van der Waals surface area contributed by atoms with Crippen LogP contribution in [0.5, 0.6) is 0 Å². The first-order chi connectivity index (χ1) is 21.3. The molecule has 9 aromatic rings. The second-order valence-electron chi connectivity index (χ2n) is 11.4. The molecule has 1 aromatic heterocycles. The summed E-state index contributed by atoms with van der Waals surface area (Å²) < 4.78 is 2.44. The minimum Gasteiger partial charge on any atom is -0.309 e. The van der Waals surface area contributed by atoms with Crippen molar-refractivity contribution in [2.75, 3.05) is 0 Å². The molecule has 0 saturated carbocycles. The molecule has 0 atom stereocenters. The van der Waals surface area contributed by atoms with Crippen LogP contribution in [-0.4, -0.2) is 4.57 Å². The monoisotopic (exact) mass is 545 g/mol. The van der Waals surface area contributed by atoms with Gasteiger partial charge in [0, 0.05) is 16.2 Å². The first kappa shape index (κ1) is 24.0. The second kappa shape index (κ2) is 9.44. The molecule has 0 saturated heterocycles. The molecule has 9 rings (SSSR count). The van der Waals surface area contributed by atoms with E-state index in [1.807, 2.05) is 0 Å². The number of hydrogen-bond donors (Lipinski definition) is 0. The Morgan fingerprint density at radius 1 is 0.302 bits per heavy atom. The van der Waals surface area contributed by atoms with Crippen LogP contribution in [0, 0.1) is 0 Å². The molecule has 1 heteroatoms. The normalized spacial score (nSPS) is 11.7. The van der Waals surface area contributed by atoms with Crippen LogP contribution in [0.2, 0.25) is 0 Å². The maximum absolute atomic E-state index is 2.44. The fourth-order valence-electron chi connectivity index (χ4n) is 6.87. The molecule has 0 N–H and O–H groups in total. The maximum atomic E-state index is 2.44. The summed E-state index contributed by atoms with van der Waals surface area (Å²) in [5.74, 6) is 0. The minimum absolute atomic E-state index is 1.21. The maximum Gasteiger partial charge on any atom is 0.0547 e. The van der Waals surface area contributed by atoms with Crippen molar-refractivity contribution in [3.63, 3.8) is 0 Å². The predicted molar refractivity (Wildman–Crippen MR) is 184 cm³/mol. The van der Waals surface area contributed by atoms with Gasteiger partial charge < -0.3 is 4.57 Å². The zero-order chi connectivity index (χ0) is 28.3. The molecular weight excluding hydrogens is 518 g/mol. The van der Waals surface area contributed by atoms with E-state index in [2.05, 4.69) is 168 Å². The lowest BCUT2D eigenvalue weighted by atomic mass is 9.95. The van der Waals surface area contributed by atoms with Crippen LogP contribution in [0.25, 0.3) is 82.1 Å². The van der Waals surface area contributed by atoms with E-state index in [0.29, 0.717) is 0 Å². The molecule has 0 spiro atoms. The summed E-state index contributed by atoms with van der Waals surface area (Å²) in [5.41, 5.74) is 8.61. The summed E-state index contributed by atoms with van der Waals surface area (Å²) in [4.78, 5) is 0. The first-order valence-electron chi connectivity index (χ1n) is 14.9. The molecular formula is C42H27N. The van der Waals surface area contributed by atoms with Crippen LogP contribution < -0.4 is 0 Å². The Kier molecular flexibility index (Phi) is 5.27. The largest absolute Gasteiger partial charge is 0.309 e. The van der Waals surface area contributed by atoms with Gasteiger partial charge in [-0.05, 0) is 85.6 Å². The third-order valence-corrected chi connectivity index (χ3v) is 8.94. The number of hydrogen-bond acceptors (Lipinski definition) is 0. The van der Waals surface area contributed by atoms with Crippen LogP contribution in [0.1, 0.15) is 0 Å². The van der Waals surface area contributed by atoms with Crippen LogP contribution >= 0.6 is 0 Å². The summed E-state index contributed by atoms with van der Waals surface area (Å²) in [6, 6.07) is 59.8. The lowest BCUT2D eigenvalue weighted by Gasteiger charge is -2.12. The predicted octanol–water partition coefficient (Wildman–Crippen LogP) is 11.6. The minimum atomic E-state index is 1.21. The van der Waals surface area contributed by atoms with Crippen LogP contribution in [0.15, 0.2) is 164 Å². The molecule has 200 valence electrons. The summed E-state index contributed by atoms with van der Waals surface area (Å²) >= 11 is 0. The van der Waals surface area contributed by atoms with Gasteiger partial charge in [-0.3, -0.25) is 0 Å². The molecule has 0 aliphatic carbocycles. The van der Waals surface area contributed by atoms with Gasteiger partial charge in [0.1, 0.15) is 0 Å². The lowest BCUT2D eigenvalue weighted by Crippen LogP contribution is -1.95. The van der Waals surface area contributed by atoms with Crippen molar-refractivity contribution < 1.29 is 0 Å². The summed E-state index contributed by atoms with van der Waals surface area (Å²) in [5, 5.41) is 10.1. The quantitative estimate of drug-likeness (QED) is 0.208. The van der Waals surface area contributed by atoms with Gasteiger partial charge in [-0.15, -0.1) is 0 Å². The Bertz CT molecular complexity index is 2490. The molecule has 0 fully saturated rings. The van der Waals surface area contributed by atoms with Crippen molar-refractivity contribution >= 4 is 54.1 Å². The van der Waals surface area contributed by atoms with Crippen molar-refractivity contribution in [1.29, 1.82) is 0 Å². The highest BCUT2D eigenvalue weighted by molar-refractivity contribution is 6.22. The highest BCUT2D eigenvalue weighted by Crippen LogP contribution is 2.40. The summed E-state index contributed by atoms with van der Waals surface area (Å²) in [6.45, 7) is 0. The summed E-state index contributed by atoms with van der Waals surface area (Å²) in [7, 11) is 0. The molecule has 0 radical (unpaired) electrons. The molecule has 1 heterocycles. The number of rotatable bonds is 3. The molecule has 0 unspecified atom stereocenters.